The molecule has 16 heavy (non-hydrogen) atoms. The van der Waals surface area contributed by atoms with Crippen molar-refractivity contribution in [2.45, 2.75) is 32.7 Å². The second-order valence-electron chi connectivity index (χ2n) is 5.53. The Balaban J connectivity index is 1.75. The number of hydrogen-bond acceptors (Lipinski definition) is 3. The summed E-state index contributed by atoms with van der Waals surface area (Å²) in [7, 11) is 0. The molecule has 2 aliphatic heterocycles. The van der Waals surface area contributed by atoms with Gasteiger partial charge in [-0.25, -0.2) is 0 Å². The number of piperazine rings is 1. The Bertz CT molecular complexity index is 199. The molecule has 1 N–H and O–H groups in total. The molecule has 2 saturated heterocycles. The van der Waals surface area contributed by atoms with E-state index in [0.29, 0.717) is 0 Å². The number of nitrogens with zero attached hydrogens (tertiary/aromatic N) is 2. The number of piperidine rings is 1. The maximum atomic E-state index is 3.56. The van der Waals surface area contributed by atoms with Gasteiger partial charge in [-0.1, -0.05) is 13.8 Å². The van der Waals surface area contributed by atoms with Gasteiger partial charge in [0, 0.05) is 38.8 Å². The predicted molar refractivity (Wildman–Crippen MR) is 68.7 cm³/mol. The van der Waals surface area contributed by atoms with Gasteiger partial charge >= 0.3 is 0 Å². The lowest BCUT2D eigenvalue weighted by Crippen LogP contribution is -2.55. The van der Waals surface area contributed by atoms with Crippen LogP contribution in [0.15, 0.2) is 0 Å². The van der Waals surface area contributed by atoms with Crippen molar-refractivity contribution in [3.63, 3.8) is 0 Å². The van der Waals surface area contributed by atoms with E-state index < -0.39 is 0 Å². The van der Waals surface area contributed by atoms with E-state index >= 15 is 0 Å². The minimum absolute atomic E-state index is 0.799. The van der Waals surface area contributed by atoms with Crippen LogP contribution in [0.5, 0.6) is 0 Å². The van der Waals surface area contributed by atoms with E-state index in [1.54, 1.807) is 0 Å². The fourth-order valence-corrected chi connectivity index (χ4v) is 3.07. The van der Waals surface area contributed by atoms with Crippen molar-refractivity contribution in [1.29, 1.82) is 0 Å². The van der Waals surface area contributed by atoms with Gasteiger partial charge in [-0.05, 0) is 31.8 Å². The Morgan fingerprint density at radius 1 is 1.12 bits per heavy atom. The molecule has 2 unspecified atom stereocenters. The van der Waals surface area contributed by atoms with Crippen LogP contribution in [0, 0.1) is 5.92 Å². The van der Waals surface area contributed by atoms with Gasteiger partial charge in [-0.3, -0.25) is 4.90 Å². The third kappa shape index (κ3) is 3.19. The van der Waals surface area contributed by atoms with Crippen LogP contribution in [-0.4, -0.2) is 61.7 Å². The molecule has 3 heteroatoms. The second-order valence-corrected chi connectivity index (χ2v) is 5.53. The summed E-state index contributed by atoms with van der Waals surface area (Å²) in [5.74, 6) is 0.854. The number of rotatable bonds is 3. The van der Waals surface area contributed by atoms with Crippen LogP contribution in [0.25, 0.3) is 0 Å². The predicted octanol–water partition coefficient (Wildman–Crippen LogP) is 1.01. The van der Waals surface area contributed by atoms with Gasteiger partial charge in [0.15, 0.2) is 0 Å². The molecule has 2 heterocycles. The molecule has 2 rings (SSSR count). The molecular weight excluding hydrogens is 198 g/mol. The number of hydrogen-bond donors (Lipinski definition) is 1. The lowest BCUT2D eigenvalue weighted by Gasteiger charge is -2.42. The van der Waals surface area contributed by atoms with Crippen molar-refractivity contribution < 1.29 is 0 Å². The van der Waals surface area contributed by atoms with Crippen molar-refractivity contribution in [3.8, 4) is 0 Å². The summed E-state index contributed by atoms with van der Waals surface area (Å²) in [6.07, 6.45) is 2.68. The van der Waals surface area contributed by atoms with Crippen LogP contribution in [0.4, 0.5) is 0 Å². The van der Waals surface area contributed by atoms with E-state index in [9.17, 15) is 0 Å². The molecule has 0 aliphatic carbocycles. The fraction of sp³-hybridized carbons (Fsp3) is 1.00. The minimum atomic E-state index is 0.799. The molecule has 0 bridgehead atoms. The molecular formula is C13H27N3. The van der Waals surface area contributed by atoms with Crippen molar-refractivity contribution in [2.75, 3.05) is 45.8 Å². The molecule has 0 saturated carbocycles. The Labute approximate surface area is 100 Å². The normalized spacial score (nSPS) is 34.1. The molecule has 94 valence electrons. The van der Waals surface area contributed by atoms with Gasteiger partial charge < -0.3 is 10.2 Å². The van der Waals surface area contributed by atoms with Crippen LogP contribution in [0.3, 0.4) is 0 Å². The number of nitrogens with one attached hydrogen (secondary N) is 1. The monoisotopic (exact) mass is 225 g/mol. The lowest BCUT2D eigenvalue weighted by molar-refractivity contribution is 0.0755. The summed E-state index contributed by atoms with van der Waals surface area (Å²) < 4.78 is 0. The van der Waals surface area contributed by atoms with Crippen LogP contribution < -0.4 is 5.32 Å². The SMILES string of the molecule is CCCN1CCN(C2CNCC(C)C2)CC1. The van der Waals surface area contributed by atoms with E-state index in [0.717, 1.165) is 12.0 Å². The minimum Gasteiger partial charge on any atom is -0.315 e. The Kier molecular flexibility index (Phi) is 4.62. The largest absolute Gasteiger partial charge is 0.315 e. The zero-order valence-electron chi connectivity index (χ0n) is 10.9. The smallest absolute Gasteiger partial charge is 0.0224 e. The third-order valence-corrected chi connectivity index (χ3v) is 4.01. The molecule has 0 aromatic heterocycles. The van der Waals surface area contributed by atoms with Gasteiger partial charge in [-0.2, -0.15) is 0 Å². The first-order chi connectivity index (χ1) is 7.79. The average Bonchev–Trinajstić information content (AvgIpc) is 2.30. The molecule has 2 aliphatic rings. The Morgan fingerprint density at radius 3 is 2.50 bits per heavy atom. The third-order valence-electron chi connectivity index (χ3n) is 4.01. The van der Waals surface area contributed by atoms with Gasteiger partial charge in [-0.15, -0.1) is 0 Å². The Morgan fingerprint density at radius 2 is 1.88 bits per heavy atom. The summed E-state index contributed by atoms with van der Waals surface area (Å²) in [6, 6.07) is 0.799. The molecule has 0 aromatic rings. The first-order valence-electron chi connectivity index (χ1n) is 6.96. The van der Waals surface area contributed by atoms with Gasteiger partial charge in [0.2, 0.25) is 0 Å². The topological polar surface area (TPSA) is 18.5 Å². The van der Waals surface area contributed by atoms with E-state index in [4.69, 9.17) is 0 Å². The molecule has 0 amide bonds. The maximum Gasteiger partial charge on any atom is 0.0224 e. The highest BCUT2D eigenvalue weighted by molar-refractivity contribution is 4.84. The average molecular weight is 225 g/mol. The highest BCUT2D eigenvalue weighted by Gasteiger charge is 2.26. The Hall–Kier alpha value is -0.120. The quantitative estimate of drug-likeness (QED) is 0.773. The molecule has 0 radical (unpaired) electrons. The summed E-state index contributed by atoms with van der Waals surface area (Å²) in [6.45, 7) is 13.5. The van der Waals surface area contributed by atoms with E-state index in [1.807, 2.05) is 0 Å². The zero-order chi connectivity index (χ0) is 11.4. The van der Waals surface area contributed by atoms with Crippen LogP contribution >= 0.6 is 0 Å². The molecule has 0 aromatic carbocycles. The molecule has 0 spiro atoms. The van der Waals surface area contributed by atoms with Crippen molar-refractivity contribution in [3.05, 3.63) is 0 Å². The van der Waals surface area contributed by atoms with Crippen LogP contribution in [-0.2, 0) is 0 Å². The summed E-state index contributed by atoms with van der Waals surface area (Å²) in [4.78, 5) is 5.31. The first kappa shape index (κ1) is 12.3. The van der Waals surface area contributed by atoms with E-state index in [1.165, 1.54) is 58.7 Å². The van der Waals surface area contributed by atoms with Gasteiger partial charge in [0.05, 0.1) is 0 Å². The van der Waals surface area contributed by atoms with Crippen LogP contribution in [0.2, 0.25) is 0 Å². The lowest BCUT2D eigenvalue weighted by atomic mass is 9.96. The highest BCUT2D eigenvalue weighted by atomic mass is 15.3. The van der Waals surface area contributed by atoms with Crippen LogP contribution in [0.1, 0.15) is 26.7 Å². The molecule has 3 nitrogen and oxygen atoms in total. The van der Waals surface area contributed by atoms with Crippen molar-refractivity contribution in [2.24, 2.45) is 5.92 Å². The van der Waals surface area contributed by atoms with Gasteiger partial charge in [0.25, 0.3) is 0 Å². The second kappa shape index (κ2) is 5.99. The molecule has 2 atom stereocenters. The fourth-order valence-electron chi connectivity index (χ4n) is 3.07. The van der Waals surface area contributed by atoms with Crippen molar-refractivity contribution in [1.82, 2.24) is 15.1 Å². The summed E-state index contributed by atoms with van der Waals surface area (Å²) in [5, 5.41) is 3.56. The van der Waals surface area contributed by atoms with Gasteiger partial charge in [0.1, 0.15) is 0 Å². The van der Waals surface area contributed by atoms with E-state index in [-0.39, 0.29) is 0 Å². The first-order valence-corrected chi connectivity index (χ1v) is 6.96. The maximum absolute atomic E-state index is 3.56. The highest BCUT2D eigenvalue weighted by Crippen LogP contribution is 2.17. The van der Waals surface area contributed by atoms with E-state index in [2.05, 4.69) is 29.0 Å². The molecule has 2 fully saturated rings. The van der Waals surface area contributed by atoms with Crippen molar-refractivity contribution >= 4 is 0 Å². The zero-order valence-corrected chi connectivity index (χ0v) is 10.9. The summed E-state index contributed by atoms with van der Waals surface area (Å²) >= 11 is 0. The standard InChI is InChI=1S/C13H27N3/c1-3-4-15-5-7-16(8-6-15)13-9-12(2)10-14-11-13/h12-14H,3-11H2,1-2H3. The summed E-state index contributed by atoms with van der Waals surface area (Å²) in [5.41, 5.74) is 0.